The van der Waals surface area contributed by atoms with Gasteiger partial charge in [-0.05, 0) is 18.6 Å². The summed E-state index contributed by atoms with van der Waals surface area (Å²) in [6.45, 7) is 1.94. The van der Waals surface area contributed by atoms with Gasteiger partial charge in [0.25, 0.3) is 6.43 Å². The first-order chi connectivity index (χ1) is 6.59. The highest BCUT2D eigenvalue weighted by Crippen LogP contribution is 2.39. The molecule has 2 rings (SSSR count). The largest absolute Gasteiger partial charge is 0.266 e. The van der Waals surface area contributed by atoms with Crippen LogP contribution in [0.15, 0.2) is 22.4 Å². The normalized spacial score (nSPS) is 11.5. The summed E-state index contributed by atoms with van der Waals surface area (Å²) < 4.78 is 26.6. The molecule has 0 bridgehead atoms. The molecule has 0 unspecified atom stereocenters. The van der Waals surface area contributed by atoms with Crippen molar-refractivity contribution in [3.05, 3.63) is 29.3 Å². The minimum absolute atomic E-state index is 0.0633. The van der Waals surface area contributed by atoms with Gasteiger partial charge in [-0.15, -0.1) is 24.0 Å². The average molecular weight is 230 g/mol. The zero-order valence-electron chi connectivity index (χ0n) is 7.42. The molecule has 0 saturated carbocycles. The molecule has 1 heterocycles. The molecule has 0 saturated heterocycles. The van der Waals surface area contributed by atoms with Crippen molar-refractivity contribution >= 4 is 34.1 Å². The summed E-state index contributed by atoms with van der Waals surface area (Å²) in [6.07, 6.45) is -2.45. The van der Waals surface area contributed by atoms with Crippen LogP contribution < -0.4 is 0 Å². The van der Waals surface area contributed by atoms with Gasteiger partial charge in [0.15, 0.2) is 0 Å². The molecule has 0 fully saturated rings. The highest BCUT2D eigenvalue weighted by Gasteiger charge is 2.17. The fourth-order valence-electron chi connectivity index (χ4n) is 1.42. The van der Waals surface area contributed by atoms with Gasteiger partial charge in [-0.25, -0.2) is 8.78 Å². The topological polar surface area (TPSA) is 0 Å². The molecule has 0 atom stereocenters. The summed E-state index contributed by atoms with van der Waals surface area (Å²) >= 11 is 5.37. The van der Waals surface area contributed by atoms with Gasteiger partial charge in [0.2, 0.25) is 0 Å². The lowest BCUT2D eigenvalue weighted by molar-refractivity contribution is 0.151. The fraction of sp³-hybridized carbons (Fsp3) is 0.200. The van der Waals surface area contributed by atoms with E-state index in [1.54, 1.807) is 6.07 Å². The second-order valence-corrected chi connectivity index (χ2v) is 4.92. The van der Waals surface area contributed by atoms with Crippen molar-refractivity contribution in [3.8, 4) is 0 Å². The number of fused-ring (bicyclic) bond motifs is 1. The van der Waals surface area contributed by atoms with E-state index in [9.17, 15) is 8.78 Å². The first-order valence-electron chi connectivity index (χ1n) is 4.09. The van der Waals surface area contributed by atoms with E-state index in [1.807, 2.05) is 19.1 Å². The summed E-state index contributed by atoms with van der Waals surface area (Å²) in [5.41, 5.74) is 1.14. The number of thiophene rings is 1. The lowest BCUT2D eigenvalue weighted by Gasteiger charge is -1.98. The summed E-state index contributed by atoms with van der Waals surface area (Å²) in [6, 6.07) is 5.49. The van der Waals surface area contributed by atoms with Gasteiger partial charge in [-0.2, -0.15) is 0 Å². The van der Waals surface area contributed by atoms with Crippen LogP contribution in [0.1, 0.15) is 17.6 Å². The van der Waals surface area contributed by atoms with Gasteiger partial charge in [-0.3, -0.25) is 0 Å². The lowest BCUT2D eigenvalue weighted by atomic mass is 10.1. The van der Waals surface area contributed by atoms with Crippen molar-refractivity contribution < 1.29 is 8.78 Å². The van der Waals surface area contributed by atoms with Crippen LogP contribution in [0.4, 0.5) is 8.78 Å². The highest BCUT2D eigenvalue weighted by atomic mass is 32.2. The zero-order valence-corrected chi connectivity index (χ0v) is 9.13. The summed E-state index contributed by atoms with van der Waals surface area (Å²) in [7, 11) is 0. The Morgan fingerprint density at radius 2 is 2.07 bits per heavy atom. The van der Waals surface area contributed by atoms with E-state index in [-0.39, 0.29) is 5.56 Å². The molecular formula is C10H8F2S2. The van der Waals surface area contributed by atoms with Gasteiger partial charge < -0.3 is 0 Å². The van der Waals surface area contributed by atoms with Crippen LogP contribution in [0.2, 0.25) is 0 Å². The molecule has 2 aromatic rings. The molecule has 1 aromatic carbocycles. The Labute approximate surface area is 90.0 Å². The smallest absolute Gasteiger partial charge is 0.205 e. The molecule has 0 spiro atoms. The summed E-state index contributed by atoms with van der Waals surface area (Å²) in [5, 5.41) is 0.626. The van der Waals surface area contributed by atoms with Crippen molar-refractivity contribution in [1.82, 2.24) is 0 Å². The molecule has 0 N–H and O–H groups in total. The minimum atomic E-state index is -2.45. The molecule has 14 heavy (non-hydrogen) atoms. The van der Waals surface area contributed by atoms with E-state index in [1.165, 1.54) is 11.3 Å². The number of hydrogen-bond donors (Lipinski definition) is 1. The summed E-state index contributed by atoms with van der Waals surface area (Å²) in [4.78, 5) is 0. The first-order valence-corrected chi connectivity index (χ1v) is 5.36. The monoisotopic (exact) mass is 230 g/mol. The molecule has 0 aliphatic carbocycles. The van der Waals surface area contributed by atoms with Crippen LogP contribution in [0.25, 0.3) is 10.1 Å². The Bertz CT molecular complexity index is 474. The van der Waals surface area contributed by atoms with Gasteiger partial charge in [0.1, 0.15) is 0 Å². The first kappa shape index (κ1) is 9.93. The fourth-order valence-corrected chi connectivity index (χ4v) is 2.98. The van der Waals surface area contributed by atoms with Crippen molar-refractivity contribution in [3.63, 3.8) is 0 Å². The van der Waals surface area contributed by atoms with Crippen LogP contribution in [0.5, 0.6) is 0 Å². The van der Waals surface area contributed by atoms with Crippen LogP contribution in [0, 0.1) is 6.92 Å². The van der Waals surface area contributed by atoms with E-state index in [4.69, 9.17) is 0 Å². The maximum atomic E-state index is 12.6. The maximum absolute atomic E-state index is 12.6. The molecule has 0 nitrogen and oxygen atoms in total. The van der Waals surface area contributed by atoms with E-state index >= 15 is 0 Å². The number of halogens is 2. The Kier molecular flexibility index (Phi) is 2.49. The van der Waals surface area contributed by atoms with Gasteiger partial charge >= 0.3 is 0 Å². The number of benzene rings is 1. The maximum Gasteiger partial charge on any atom is 0.266 e. The summed E-state index contributed by atoms with van der Waals surface area (Å²) in [5.74, 6) is 0. The van der Waals surface area contributed by atoms with Crippen molar-refractivity contribution in [1.29, 1.82) is 0 Å². The quantitative estimate of drug-likeness (QED) is 0.688. The molecule has 0 aliphatic heterocycles. The molecule has 74 valence electrons. The van der Waals surface area contributed by atoms with Gasteiger partial charge in [0.05, 0.1) is 4.21 Å². The number of hydrogen-bond acceptors (Lipinski definition) is 2. The standard InChI is InChI=1S/C10H8F2S2/c1-5-2-3-6-7(4-5)14-10(13)8(6)9(11)12/h2-4,9,13H,1H3. The number of alkyl halides is 2. The number of aryl methyl sites for hydroxylation is 1. The Balaban J connectivity index is 2.77. The second kappa shape index (κ2) is 3.51. The van der Waals surface area contributed by atoms with E-state index < -0.39 is 6.43 Å². The van der Waals surface area contributed by atoms with Crippen molar-refractivity contribution in [2.24, 2.45) is 0 Å². The average Bonchev–Trinajstić information content (AvgIpc) is 2.39. The van der Waals surface area contributed by atoms with Crippen LogP contribution in [0.3, 0.4) is 0 Å². The number of rotatable bonds is 1. The molecular weight excluding hydrogens is 222 g/mol. The molecule has 0 aliphatic rings. The SMILES string of the molecule is Cc1ccc2c(C(F)F)c(S)sc2c1. The van der Waals surface area contributed by atoms with Crippen molar-refractivity contribution in [2.45, 2.75) is 17.6 Å². The third-order valence-electron chi connectivity index (χ3n) is 2.08. The Hall–Kier alpha value is -0.610. The molecule has 4 heteroatoms. The van der Waals surface area contributed by atoms with Crippen LogP contribution in [-0.4, -0.2) is 0 Å². The Morgan fingerprint density at radius 1 is 1.36 bits per heavy atom. The molecule has 0 amide bonds. The molecule has 0 radical (unpaired) electrons. The lowest BCUT2D eigenvalue weighted by Crippen LogP contribution is -1.82. The Morgan fingerprint density at radius 3 is 2.71 bits per heavy atom. The predicted octanol–water partition coefficient (Wildman–Crippen LogP) is 4.44. The molecule has 1 aromatic heterocycles. The van der Waals surface area contributed by atoms with E-state index in [0.29, 0.717) is 9.60 Å². The van der Waals surface area contributed by atoms with E-state index in [2.05, 4.69) is 12.6 Å². The third kappa shape index (κ3) is 1.53. The zero-order chi connectivity index (χ0) is 10.3. The second-order valence-electron chi connectivity index (χ2n) is 3.12. The predicted molar refractivity (Wildman–Crippen MR) is 58.8 cm³/mol. The van der Waals surface area contributed by atoms with Gasteiger partial charge in [0, 0.05) is 15.6 Å². The third-order valence-corrected chi connectivity index (χ3v) is 3.57. The van der Waals surface area contributed by atoms with Crippen molar-refractivity contribution in [2.75, 3.05) is 0 Å². The number of thiol groups is 1. The van der Waals surface area contributed by atoms with Crippen LogP contribution >= 0.6 is 24.0 Å². The minimum Gasteiger partial charge on any atom is -0.205 e. The highest BCUT2D eigenvalue weighted by molar-refractivity contribution is 7.83. The van der Waals surface area contributed by atoms with Crippen LogP contribution in [-0.2, 0) is 0 Å². The van der Waals surface area contributed by atoms with Gasteiger partial charge in [-0.1, -0.05) is 12.1 Å². The van der Waals surface area contributed by atoms with E-state index in [0.717, 1.165) is 10.3 Å².